The number of halogens is 2. The molecule has 0 spiro atoms. The molecule has 3 nitrogen and oxygen atoms in total. The second-order valence-corrected chi connectivity index (χ2v) is 5.11. The van der Waals surface area contributed by atoms with Gasteiger partial charge in [-0.1, -0.05) is 29.3 Å². The Bertz CT molecular complexity index is 380. The number of β-amino-alcohol motifs (C(OH)–C–C–N with tert-alkyl or cyclic N) is 1. The van der Waals surface area contributed by atoms with E-state index >= 15 is 0 Å². The summed E-state index contributed by atoms with van der Waals surface area (Å²) in [6, 6.07) is 5.22. The lowest BCUT2D eigenvalue weighted by atomic mass is 10.1. The van der Waals surface area contributed by atoms with Gasteiger partial charge in [-0.2, -0.15) is 0 Å². The molecule has 0 saturated carbocycles. The maximum Gasteiger partial charge on any atom is 0.150 e. The maximum atomic E-state index is 12.0. The minimum Gasteiger partial charge on any atom is -0.392 e. The van der Waals surface area contributed by atoms with E-state index < -0.39 is 6.23 Å². The van der Waals surface area contributed by atoms with Crippen molar-refractivity contribution in [2.75, 3.05) is 13.1 Å². The van der Waals surface area contributed by atoms with E-state index in [1.165, 1.54) is 0 Å². The summed E-state index contributed by atoms with van der Waals surface area (Å²) < 4.78 is 0. The molecular weight excluding hydrogens is 261 g/mol. The molecular formula is C12H14Cl2NO2. The number of benzene rings is 1. The Morgan fingerprint density at radius 1 is 1.41 bits per heavy atom. The van der Waals surface area contributed by atoms with Crippen molar-refractivity contribution in [2.45, 2.75) is 25.2 Å². The molecule has 5 heteroatoms. The summed E-state index contributed by atoms with van der Waals surface area (Å²) in [4.78, 5) is 1.73. The average molecular weight is 275 g/mol. The highest BCUT2D eigenvalue weighted by Gasteiger charge is 2.27. The van der Waals surface area contributed by atoms with Crippen LogP contribution in [0.4, 0.5) is 0 Å². The smallest absolute Gasteiger partial charge is 0.150 e. The third-order valence-corrected chi connectivity index (χ3v) is 3.75. The van der Waals surface area contributed by atoms with Crippen LogP contribution in [0.2, 0.25) is 10.0 Å². The van der Waals surface area contributed by atoms with Crippen molar-refractivity contribution in [3.63, 3.8) is 0 Å². The van der Waals surface area contributed by atoms with Gasteiger partial charge in [-0.15, -0.1) is 0 Å². The van der Waals surface area contributed by atoms with Crippen LogP contribution in [-0.2, 0) is 11.5 Å². The number of rotatable bonds is 3. The van der Waals surface area contributed by atoms with E-state index in [9.17, 15) is 10.2 Å². The highest BCUT2D eigenvalue weighted by atomic mass is 35.5. The molecule has 1 N–H and O–H groups in total. The van der Waals surface area contributed by atoms with E-state index in [4.69, 9.17) is 23.2 Å². The fourth-order valence-corrected chi connectivity index (χ4v) is 2.61. The molecule has 1 aliphatic heterocycles. The van der Waals surface area contributed by atoms with Crippen molar-refractivity contribution in [3.8, 4) is 0 Å². The van der Waals surface area contributed by atoms with Gasteiger partial charge in [0.2, 0.25) is 0 Å². The summed E-state index contributed by atoms with van der Waals surface area (Å²) in [5.41, 5.74) is 0.692. The first-order valence-corrected chi connectivity index (χ1v) is 6.34. The molecule has 0 bridgehead atoms. The monoisotopic (exact) mass is 274 g/mol. The zero-order valence-corrected chi connectivity index (χ0v) is 10.8. The molecule has 2 unspecified atom stereocenters. The van der Waals surface area contributed by atoms with Gasteiger partial charge in [-0.05, 0) is 24.1 Å². The number of aliphatic hydroxyl groups is 1. The van der Waals surface area contributed by atoms with Gasteiger partial charge >= 0.3 is 0 Å². The zero-order valence-electron chi connectivity index (χ0n) is 9.27. The predicted molar refractivity (Wildman–Crippen MR) is 66.8 cm³/mol. The Labute approximate surface area is 111 Å². The van der Waals surface area contributed by atoms with E-state index in [1.54, 1.807) is 23.1 Å². The second-order valence-electron chi connectivity index (χ2n) is 4.30. The van der Waals surface area contributed by atoms with Crippen LogP contribution in [0.3, 0.4) is 0 Å². The quantitative estimate of drug-likeness (QED) is 0.920. The molecule has 1 aromatic rings. The summed E-state index contributed by atoms with van der Waals surface area (Å²) in [7, 11) is 0. The van der Waals surface area contributed by atoms with Gasteiger partial charge in [-0.25, -0.2) is 5.11 Å². The van der Waals surface area contributed by atoms with Gasteiger partial charge in [0.25, 0.3) is 0 Å². The Kier molecular flexibility index (Phi) is 4.28. The lowest BCUT2D eigenvalue weighted by Gasteiger charge is -2.21. The van der Waals surface area contributed by atoms with Crippen LogP contribution >= 0.6 is 23.2 Å². The van der Waals surface area contributed by atoms with Crippen LogP contribution in [0.5, 0.6) is 0 Å². The van der Waals surface area contributed by atoms with Crippen molar-refractivity contribution < 1.29 is 10.2 Å². The Hall–Kier alpha value is -0.320. The summed E-state index contributed by atoms with van der Waals surface area (Å²) in [5.74, 6) is 0. The van der Waals surface area contributed by atoms with Gasteiger partial charge in [0.15, 0.2) is 6.23 Å². The fraction of sp³-hybridized carbons (Fsp3) is 0.500. The van der Waals surface area contributed by atoms with Crippen molar-refractivity contribution >= 4 is 23.2 Å². The number of nitrogens with zero attached hydrogens (tertiary/aromatic N) is 1. The van der Waals surface area contributed by atoms with Crippen LogP contribution in [0, 0.1) is 0 Å². The van der Waals surface area contributed by atoms with E-state index in [0.717, 1.165) is 0 Å². The van der Waals surface area contributed by atoms with Gasteiger partial charge in [0.05, 0.1) is 6.10 Å². The van der Waals surface area contributed by atoms with E-state index in [0.29, 0.717) is 35.1 Å². The highest BCUT2D eigenvalue weighted by molar-refractivity contribution is 6.35. The molecule has 2 rings (SSSR count). The number of hydrogen-bond donors (Lipinski definition) is 1. The number of hydrogen-bond acceptors (Lipinski definition) is 2. The molecule has 1 fully saturated rings. The topological polar surface area (TPSA) is 43.4 Å². The third kappa shape index (κ3) is 3.12. The largest absolute Gasteiger partial charge is 0.392 e. The Balaban J connectivity index is 2.05. The molecule has 1 aromatic carbocycles. The van der Waals surface area contributed by atoms with E-state index in [-0.39, 0.29) is 12.5 Å². The second kappa shape index (κ2) is 5.55. The molecule has 0 aliphatic carbocycles. The standard InChI is InChI=1S/C12H14Cl2NO2/c13-10-2-1-3-11(14)9(10)6-12(17)15-5-4-8(16)7-15/h1-3,8,12,16H,4-7H2. The first kappa shape index (κ1) is 13.1. The Morgan fingerprint density at radius 2 is 2.06 bits per heavy atom. The first-order chi connectivity index (χ1) is 8.08. The third-order valence-electron chi connectivity index (χ3n) is 3.04. The SMILES string of the molecule is [O]C(Cc1c(Cl)cccc1Cl)N1CCC(O)C1. The minimum atomic E-state index is -0.899. The van der Waals surface area contributed by atoms with Gasteiger partial charge in [-0.3, -0.25) is 4.90 Å². The minimum absolute atomic E-state index is 0.269. The highest BCUT2D eigenvalue weighted by Crippen LogP contribution is 2.27. The summed E-state index contributed by atoms with van der Waals surface area (Å²) in [6.07, 6.45) is -0.349. The average Bonchev–Trinajstić information content (AvgIpc) is 2.70. The van der Waals surface area contributed by atoms with Crippen molar-refractivity contribution in [1.82, 2.24) is 4.90 Å². The van der Waals surface area contributed by atoms with Gasteiger partial charge in [0, 0.05) is 29.6 Å². The molecule has 0 amide bonds. The summed E-state index contributed by atoms with van der Waals surface area (Å²) >= 11 is 12.0. The fourth-order valence-electron chi connectivity index (χ4n) is 2.06. The molecule has 0 aromatic heterocycles. The molecule has 1 radical (unpaired) electrons. The zero-order chi connectivity index (χ0) is 12.4. The lowest BCUT2D eigenvalue weighted by molar-refractivity contribution is -0.0401. The van der Waals surface area contributed by atoms with Crippen LogP contribution in [0.25, 0.3) is 0 Å². The lowest BCUT2D eigenvalue weighted by Crippen LogP contribution is -2.34. The molecule has 1 heterocycles. The predicted octanol–water partition coefficient (Wildman–Crippen LogP) is 2.36. The van der Waals surface area contributed by atoms with E-state index in [2.05, 4.69) is 0 Å². The summed E-state index contributed by atoms with van der Waals surface area (Å²) in [5, 5.41) is 22.5. The van der Waals surface area contributed by atoms with Crippen molar-refractivity contribution in [2.24, 2.45) is 0 Å². The Morgan fingerprint density at radius 3 is 2.59 bits per heavy atom. The van der Waals surface area contributed by atoms with Gasteiger partial charge < -0.3 is 5.11 Å². The maximum absolute atomic E-state index is 12.0. The molecule has 93 valence electrons. The van der Waals surface area contributed by atoms with Crippen LogP contribution in [-0.4, -0.2) is 35.4 Å². The number of likely N-dealkylation sites (tertiary alicyclic amines) is 1. The van der Waals surface area contributed by atoms with E-state index in [1.807, 2.05) is 0 Å². The summed E-state index contributed by atoms with van der Waals surface area (Å²) in [6.45, 7) is 1.08. The molecule has 2 atom stereocenters. The first-order valence-electron chi connectivity index (χ1n) is 5.58. The van der Waals surface area contributed by atoms with Crippen LogP contribution in [0.15, 0.2) is 18.2 Å². The van der Waals surface area contributed by atoms with Crippen molar-refractivity contribution in [1.29, 1.82) is 0 Å². The molecule has 1 aliphatic rings. The molecule has 17 heavy (non-hydrogen) atoms. The molecule has 1 saturated heterocycles. The number of aliphatic hydroxyl groups excluding tert-OH is 1. The van der Waals surface area contributed by atoms with Gasteiger partial charge in [0.1, 0.15) is 0 Å². The normalized spacial score (nSPS) is 22.9. The van der Waals surface area contributed by atoms with Crippen LogP contribution in [0.1, 0.15) is 12.0 Å². The van der Waals surface area contributed by atoms with Crippen molar-refractivity contribution in [3.05, 3.63) is 33.8 Å². The van der Waals surface area contributed by atoms with Crippen LogP contribution < -0.4 is 0 Å².